The van der Waals surface area contributed by atoms with Gasteiger partial charge in [0.25, 0.3) is 0 Å². The van der Waals surface area contributed by atoms with E-state index in [4.69, 9.17) is 0 Å². The van der Waals surface area contributed by atoms with Crippen LogP contribution in [0.4, 0.5) is 5.69 Å². The van der Waals surface area contributed by atoms with Gasteiger partial charge >= 0.3 is 0 Å². The molecule has 1 aromatic carbocycles. The van der Waals surface area contributed by atoms with Gasteiger partial charge in [0.05, 0.1) is 0 Å². The number of benzene rings is 1. The smallest absolute Gasteiger partial charge is 0.134 e. The maximum atomic E-state index is 11.3. The zero-order chi connectivity index (χ0) is 11.2. The van der Waals surface area contributed by atoms with Gasteiger partial charge in [-0.15, -0.1) is 0 Å². The molecule has 0 amide bonds. The second kappa shape index (κ2) is 3.32. The molecule has 2 aliphatic rings. The molecule has 3 heteroatoms. The summed E-state index contributed by atoms with van der Waals surface area (Å²) in [7, 11) is 0. The standard InChI is InChI=1S/C13H15NO2/c15-9-5-7-13(8-6-9)10-3-1-2-4-11(10)14-12(13)16/h1-4,12,14,16H,5-8H2. The van der Waals surface area contributed by atoms with Crippen LogP contribution in [0, 0.1) is 0 Å². The first kappa shape index (κ1) is 9.85. The van der Waals surface area contributed by atoms with Gasteiger partial charge in [0.15, 0.2) is 0 Å². The van der Waals surface area contributed by atoms with Crippen molar-refractivity contribution in [1.82, 2.24) is 0 Å². The van der Waals surface area contributed by atoms with Gasteiger partial charge in [0.2, 0.25) is 0 Å². The summed E-state index contributed by atoms with van der Waals surface area (Å²) in [4.78, 5) is 11.3. The third-order valence-electron chi connectivity index (χ3n) is 3.98. The number of hydrogen-bond acceptors (Lipinski definition) is 3. The quantitative estimate of drug-likeness (QED) is 0.696. The number of ketones is 1. The minimum atomic E-state index is -0.544. The van der Waals surface area contributed by atoms with E-state index in [1.165, 1.54) is 5.56 Å². The van der Waals surface area contributed by atoms with Crippen molar-refractivity contribution < 1.29 is 9.90 Å². The molecule has 1 unspecified atom stereocenters. The van der Waals surface area contributed by atoms with Gasteiger partial charge in [0.1, 0.15) is 12.0 Å². The maximum absolute atomic E-state index is 11.3. The molecule has 16 heavy (non-hydrogen) atoms. The summed E-state index contributed by atoms with van der Waals surface area (Å²) in [5.41, 5.74) is 1.96. The highest BCUT2D eigenvalue weighted by molar-refractivity contribution is 5.80. The van der Waals surface area contributed by atoms with Crippen molar-refractivity contribution in [3.8, 4) is 0 Å². The van der Waals surface area contributed by atoms with Crippen LogP contribution in [-0.4, -0.2) is 17.1 Å². The van der Waals surface area contributed by atoms with Gasteiger partial charge in [0, 0.05) is 23.9 Å². The third kappa shape index (κ3) is 1.21. The molecule has 0 bridgehead atoms. The van der Waals surface area contributed by atoms with E-state index >= 15 is 0 Å². The minimum Gasteiger partial charge on any atom is -0.373 e. The highest BCUT2D eigenvalue weighted by Crippen LogP contribution is 2.48. The Labute approximate surface area is 94.5 Å². The number of Topliss-reactive ketones (excluding diaryl/α,β-unsaturated/α-hetero) is 1. The number of anilines is 1. The maximum Gasteiger partial charge on any atom is 0.134 e. The summed E-state index contributed by atoms with van der Waals surface area (Å²) >= 11 is 0. The molecule has 1 saturated carbocycles. The van der Waals surface area contributed by atoms with Gasteiger partial charge < -0.3 is 10.4 Å². The Morgan fingerprint density at radius 2 is 1.94 bits per heavy atom. The van der Waals surface area contributed by atoms with Crippen molar-refractivity contribution in [2.24, 2.45) is 0 Å². The molecule has 0 saturated heterocycles. The fourth-order valence-corrected chi connectivity index (χ4v) is 2.99. The zero-order valence-corrected chi connectivity index (χ0v) is 9.07. The lowest BCUT2D eigenvalue weighted by Crippen LogP contribution is -2.42. The molecule has 3 nitrogen and oxygen atoms in total. The Morgan fingerprint density at radius 1 is 1.25 bits per heavy atom. The Balaban J connectivity index is 2.04. The normalized spacial score (nSPS) is 26.6. The first-order valence-electron chi connectivity index (χ1n) is 5.78. The number of hydrogen-bond donors (Lipinski definition) is 2. The van der Waals surface area contributed by atoms with Crippen molar-refractivity contribution in [3.05, 3.63) is 29.8 Å². The molecule has 1 fully saturated rings. The van der Waals surface area contributed by atoms with Gasteiger partial charge in [-0.2, -0.15) is 0 Å². The SMILES string of the molecule is O=C1CCC2(CC1)c1ccccc1NC2O. The van der Waals surface area contributed by atoms with E-state index in [0.29, 0.717) is 18.6 Å². The molecule has 1 spiro atoms. The van der Waals surface area contributed by atoms with E-state index in [-0.39, 0.29) is 5.41 Å². The number of aliphatic hydroxyl groups is 1. The predicted molar refractivity (Wildman–Crippen MR) is 61.2 cm³/mol. The molecule has 1 aromatic rings. The third-order valence-corrected chi connectivity index (χ3v) is 3.98. The summed E-state index contributed by atoms with van der Waals surface area (Å²) < 4.78 is 0. The predicted octanol–water partition coefficient (Wildman–Crippen LogP) is 1.81. The lowest BCUT2D eigenvalue weighted by Gasteiger charge is -2.35. The average molecular weight is 217 g/mol. The van der Waals surface area contributed by atoms with Crippen LogP contribution in [0.25, 0.3) is 0 Å². The monoisotopic (exact) mass is 217 g/mol. The van der Waals surface area contributed by atoms with Crippen LogP contribution >= 0.6 is 0 Å². The van der Waals surface area contributed by atoms with Crippen molar-refractivity contribution >= 4 is 11.5 Å². The average Bonchev–Trinajstić information content (AvgIpc) is 2.57. The van der Waals surface area contributed by atoms with Crippen LogP contribution in [0.2, 0.25) is 0 Å². The molecule has 1 aliphatic heterocycles. The van der Waals surface area contributed by atoms with Crippen LogP contribution in [0.3, 0.4) is 0 Å². The Hall–Kier alpha value is -1.35. The second-order valence-electron chi connectivity index (χ2n) is 4.79. The van der Waals surface area contributed by atoms with Crippen LogP contribution in [-0.2, 0) is 10.2 Å². The second-order valence-corrected chi connectivity index (χ2v) is 4.79. The zero-order valence-electron chi connectivity index (χ0n) is 9.07. The molecule has 84 valence electrons. The van der Waals surface area contributed by atoms with Crippen molar-refractivity contribution in [1.29, 1.82) is 0 Å². The topological polar surface area (TPSA) is 49.3 Å². The highest BCUT2D eigenvalue weighted by atomic mass is 16.3. The minimum absolute atomic E-state index is 0.232. The summed E-state index contributed by atoms with van der Waals surface area (Å²) in [6.45, 7) is 0. The Kier molecular flexibility index (Phi) is 2.04. The van der Waals surface area contributed by atoms with E-state index in [1.807, 2.05) is 18.2 Å². The van der Waals surface area contributed by atoms with Crippen LogP contribution in [0.15, 0.2) is 24.3 Å². The molecule has 1 aliphatic carbocycles. The first-order chi connectivity index (χ1) is 7.72. The van der Waals surface area contributed by atoms with Crippen LogP contribution < -0.4 is 5.32 Å². The number of carbonyl (C=O) groups excluding carboxylic acids is 1. The number of aliphatic hydroxyl groups excluding tert-OH is 1. The van der Waals surface area contributed by atoms with E-state index in [2.05, 4.69) is 11.4 Å². The number of carbonyl (C=O) groups is 1. The number of nitrogens with one attached hydrogen (secondary N) is 1. The summed E-state index contributed by atoms with van der Waals surface area (Å²) in [5.74, 6) is 0.321. The van der Waals surface area contributed by atoms with Gasteiger partial charge in [-0.3, -0.25) is 4.79 Å². The molecule has 1 heterocycles. The lowest BCUT2D eigenvalue weighted by molar-refractivity contribution is -0.122. The van der Waals surface area contributed by atoms with Gasteiger partial charge in [-0.25, -0.2) is 0 Å². The van der Waals surface area contributed by atoms with E-state index in [0.717, 1.165) is 18.5 Å². The Morgan fingerprint density at radius 3 is 2.69 bits per heavy atom. The number of fused-ring (bicyclic) bond motifs is 2. The van der Waals surface area contributed by atoms with E-state index < -0.39 is 6.23 Å². The first-order valence-corrected chi connectivity index (χ1v) is 5.78. The largest absolute Gasteiger partial charge is 0.373 e. The van der Waals surface area contributed by atoms with Gasteiger partial charge in [-0.1, -0.05) is 18.2 Å². The van der Waals surface area contributed by atoms with Gasteiger partial charge in [-0.05, 0) is 24.5 Å². The Bertz CT molecular complexity index is 431. The van der Waals surface area contributed by atoms with Crippen molar-refractivity contribution in [2.45, 2.75) is 37.3 Å². The van der Waals surface area contributed by atoms with Crippen molar-refractivity contribution in [2.75, 3.05) is 5.32 Å². The number of para-hydroxylation sites is 1. The van der Waals surface area contributed by atoms with Crippen LogP contribution in [0.5, 0.6) is 0 Å². The molecule has 1 atom stereocenters. The summed E-state index contributed by atoms with van der Waals surface area (Å²) in [5, 5.41) is 13.3. The molecular formula is C13H15NO2. The molecule has 0 radical (unpaired) electrons. The molecule has 2 N–H and O–H groups in total. The summed E-state index contributed by atoms with van der Waals surface area (Å²) in [6.07, 6.45) is 2.16. The molecular weight excluding hydrogens is 202 g/mol. The van der Waals surface area contributed by atoms with Crippen molar-refractivity contribution in [3.63, 3.8) is 0 Å². The van der Waals surface area contributed by atoms with Crippen LogP contribution in [0.1, 0.15) is 31.2 Å². The van der Waals surface area contributed by atoms with E-state index in [9.17, 15) is 9.90 Å². The lowest BCUT2D eigenvalue weighted by atomic mass is 9.69. The molecule has 0 aromatic heterocycles. The van der Waals surface area contributed by atoms with E-state index in [1.54, 1.807) is 0 Å². The fraction of sp³-hybridized carbons (Fsp3) is 0.462. The highest BCUT2D eigenvalue weighted by Gasteiger charge is 2.47. The number of rotatable bonds is 0. The summed E-state index contributed by atoms with van der Waals surface area (Å²) in [6, 6.07) is 8.01. The molecule has 3 rings (SSSR count). The fourth-order valence-electron chi connectivity index (χ4n) is 2.99.